The topological polar surface area (TPSA) is 80.9 Å². The van der Waals surface area contributed by atoms with Crippen LogP contribution in [0.25, 0.3) is 10.7 Å². The molecule has 0 radical (unpaired) electrons. The summed E-state index contributed by atoms with van der Waals surface area (Å²) in [7, 11) is 0. The van der Waals surface area contributed by atoms with E-state index in [0.29, 0.717) is 17.4 Å². The minimum absolute atomic E-state index is 0.00140. The molecule has 0 saturated heterocycles. The van der Waals surface area contributed by atoms with Gasteiger partial charge in [0.2, 0.25) is 0 Å². The highest BCUT2D eigenvalue weighted by Gasteiger charge is 2.18. The van der Waals surface area contributed by atoms with Crippen LogP contribution in [0.15, 0.2) is 11.4 Å². The van der Waals surface area contributed by atoms with E-state index in [4.69, 9.17) is 16.7 Å². The summed E-state index contributed by atoms with van der Waals surface area (Å²) in [6.45, 7) is 2.43. The van der Waals surface area contributed by atoms with Gasteiger partial charge in [0.1, 0.15) is 0 Å². The molecular formula is C11H13ClN4O2S. The molecule has 0 aliphatic rings. The van der Waals surface area contributed by atoms with Crippen molar-refractivity contribution in [3.8, 4) is 10.7 Å². The second-order valence-corrected chi connectivity index (χ2v) is 5.48. The minimum Gasteiger partial charge on any atom is -0.481 e. The van der Waals surface area contributed by atoms with E-state index in [1.54, 1.807) is 10.7 Å². The monoisotopic (exact) mass is 300 g/mol. The SMILES string of the molecule is CCC(CC(=O)O)Cn1nnnc1-c1sccc1Cl. The van der Waals surface area contributed by atoms with Gasteiger partial charge >= 0.3 is 5.97 Å². The molecule has 0 saturated carbocycles. The van der Waals surface area contributed by atoms with Crippen LogP contribution in [0.5, 0.6) is 0 Å². The van der Waals surface area contributed by atoms with Crippen LogP contribution in [-0.2, 0) is 11.3 Å². The molecule has 0 spiro atoms. The van der Waals surface area contributed by atoms with Crippen molar-refractivity contribution < 1.29 is 9.90 Å². The first-order valence-corrected chi connectivity index (χ1v) is 7.09. The molecule has 0 aromatic carbocycles. The Kier molecular flexibility index (Phi) is 4.49. The molecule has 102 valence electrons. The first kappa shape index (κ1) is 14.0. The molecule has 1 atom stereocenters. The predicted molar refractivity (Wildman–Crippen MR) is 72.2 cm³/mol. The van der Waals surface area contributed by atoms with Crippen molar-refractivity contribution in [1.82, 2.24) is 20.2 Å². The van der Waals surface area contributed by atoms with E-state index < -0.39 is 5.97 Å². The minimum atomic E-state index is -0.810. The molecule has 2 aromatic rings. The molecule has 1 unspecified atom stereocenters. The molecule has 0 amide bonds. The number of hydrogen-bond acceptors (Lipinski definition) is 5. The van der Waals surface area contributed by atoms with Gasteiger partial charge in [0, 0.05) is 13.0 Å². The van der Waals surface area contributed by atoms with E-state index in [1.165, 1.54) is 11.3 Å². The summed E-state index contributed by atoms with van der Waals surface area (Å²) in [5, 5.41) is 22.9. The molecule has 6 nitrogen and oxygen atoms in total. The number of nitrogens with zero attached hydrogens (tertiary/aromatic N) is 4. The Labute approximate surface area is 119 Å². The maximum atomic E-state index is 10.8. The van der Waals surface area contributed by atoms with E-state index >= 15 is 0 Å². The summed E-state index contributed by atoms with van der Waals surface area (Å²) in [6, 6.07) is 1.79. The van der Waals surface area contributed by atoms with Crippen molar-refractivity contribution in [1.29, 1.82) is 0 Å². The van der Waals surface area contributed by atoms with Gasteiger partial charge in [0.15, 0.2) is 5.82 Å². The Balaban J connectivity index is 2.20. The first-order valence-electron chi connectivity index (χ1n) is 5.83. The van der Waals surface area contributed by atoms with Crippen LogP contribution in [0.1, 0.15) is 19.8 Å². The Morgan fingerprint density at radius 1 is 1.63 bits per heavy atom. The number of carbonyl (C=O) groups is 1. The van der Waals surface area contributed by atoms with Crippen LogP contribution in [0.2, 0.25) is 5.02 Å². The molecule has 0 fully saturated rings. The third-order valence-electron chi connectivity index (χ3n) is 2.82. The summed E-state index contributed by atoms with van der Waals surface area (Å²) in [4.78, 5) is 11.6. The number of tetrazole rings is 1. The van der Waals surface area contributed by atoms with Crippen LogP contribution in [-0.4, -0.2) is 31.3 Å². The summed E-state index contributed by atoms with van der Waals surface area (Å²) >= 11 is 7.52. The Morgan fingerprint density at radius 3 is 3.00 bits per heavy atom. The summed E-state index contributed by atoms with van der Waals surface area (Å²) in [6.07, 6.45) is 0.859. The maximum Gasteiger partial charge on any atom is 0.303 e. The summed E-state index contributed by atoms with van der Waals surface area (Å²) < 4.78 is 1.62. The van der Waals surface area contributed by atoms with E-state index in [2.05, 4.69) is 15.5 Å². The highest BCUT2D eigenvalue weighted by molar-refractivity contribution is 7.14. The lowest BCUT2D eigenvalue weighted by Crippen LogP contribution is -2.16. The number of thiophene rings is 1. The number of rotatable bonds is 6. The third-order valence-corrected chi connectivity index (χ3v) is 4.16. The maximum absolute atomic E-state index is 10.8. The normalized spacial score (nSPS) is 12.5. The zero-order valence-electron chi connectivity index (χ0n) is 10.3. The molecule has 0 aliphatic heterocycles. The molecule has 0 bridgehead atoms. The van der Waals surface area contributed by atoms with Gasteiger partial charge in [-0.25, -0.2) is 4.68 Å². The second-order valence-electron chi connectivity index (χ2n) is 4.15. The molecule has 0 aliphatic carbocycles. The van der Waals surface area contributed by atoms with Gasteiger partial charge in [-0.3, -0.25) is 4.79 Å². The molecule has 2 aromatic heterocycles. The van der Waals surface area contributed by atoms with E-state index in [0.717, 1.165) is 11.3 Å². The van der Waals surface area contributed by atoms with Crippen LogP contribution < -0.4 is 0 Å². The smallest absolute Gasteiger partial charge is 0.303 e. The van der Waals surface area contributed by atoms with Crippen molar-refractivity contribution >= 4 is 28.9 Å². The zero-order chi connectivity index (χ0) is 13.8. The van der Waals surface area contributed by atoms with Gasteiger partial charge in [-0.2, -0.15) is 0 Å². The number of carboxylic acids is 1. The quantitative estimate of drug-likeness (QED) is 0.886. The molecule has 1 N–H and O–H groups in total. The standard InChI is InChI=1S/C11H13ClN4O2S/c1-2-7(5-9(17)18)6-16-11(13-14-15-16)10-8(12)3-4-19-10/h3-4,7H,2,5-6H2,1H3,(H,17,18). The molecular weight excluding hydrogens is 288 g/mol. The number of aromatic nitrogens is 4. The van der Waals surface area contributed by atoms with Crippen LogP contribution in [0, 0.1) is 5.92 Å². The number of halogens is 1. The number of hydrogen-bond donors (Lipinski definition) is 1. The third kappa shape index (κ3) is 3.30. The molecule has 8 heteroatoms. The molecule has 2 rings (SSSR count). The highest BCUT2D eigenvalue weighted by Crippen LogP contribution is 2.31. The molecule has 2 heterocycles. The van der Waals surface area contributed by atoms with Gasteiger partial charge in [0.05, 0.1) is 9.90 Å². The van der Waals surface area contributed by atoms with Gasteiger partial charge < -0.3 is 5.11 Å². The fourth-order valence-corrected chi connectivity index (χ4v) is 2.90. The lowest BCUT2D eigenvalue weighted by atomic mass is 10.0. The fourth-order valence-electron chi connectivity index (χ4n) is 1.77. The average molecular weight is 301 g/mol. The predicted octanol–water partition coefficient (Wildman–Crippen LogP) is 2.56. The summed E-state index contributed by atoms with van der Waals surface area (Å²) in [5.41, 5.74) is 0. The van der Waals surface area contributed by atoms with Gasteiger partial charge in [-0.15, -0.1) is 16.4 Å². The van der Waals surface area contributed by atoms with Crippen LogP contribution in [0.3, 0.4) is 0 Å². The zero-order valence-corrected chi connectivity index (χ0v) is 11.9. The second kappa shape index (κ2) is 6.12. The van der Waals surface area contributed by atoms with Gasteiger partial charge in [-0.05, 0) is 27.8 Å². The van der Waals surface area contributed by atoms with Crippen molar-refractivity contribution in [3.63, 3.8) is 0 Å². The Bertz CT molecular complexity index is 569. The lowest BCUT2D eigenvalue weighted by molar-refractivity contribution is -0.138. The van der Waals surface area contributed by atoms with Crippen molar-refractivity contribution in [2.45, 2.75) is 26.3 Å². The van der Waals surface area contributed by atoms with E-state index in [9.17, 15) is 4.79 Å². The number of aliphatic carboxylic acids is 1. The van der Waals surface area contributed by atoms with Crippen molar-refractivity contribution in [2.75, 3.05) is 0 Å². The van der Waals surface area contributed by atoms with Crippen LogP contribution >= 0.6 is 22.9 Å². The van der Waals surface area contributed by atoms with Crippen molar-refractivity contribution in [2.24, 2.45) is 5.92 Å². The average Bonchev–Trinajstić information content (AvgIpc) is 2.96. The van der Waals surface area contributed by atoms with Gasteiger partial charge in [-0.1, -0.05) is 24.9 Å². The largest absolute Gasteiger partial charge is 0.481 e. The van der Waals surface area contributed by atoms with Gasteiger partial charge in [0.25, 0.3) is 0 Å². The number of carboxylic acid groups (broad SMARTS) is 1. The molecule has 19 heavy (non-hydrogen) atoms. The summed E-state index contributed by atoms with van der Waals surface area (Å²) in [5.74, 6) is -0.224. The first-order chi connectivity index (χ1) is 9.11. The van der Waals surface area contributed by atoms with Crippen LogP contribution in [0.4, 0.5) is 0 Å². The van der Waals surface area contributed by atoms with E-state index in [-0.39, 0.29) is 12.3 Å². The lowest BCUT2D eigenvalue weighted by Gasteiger charge is -2.12. The van der Waals surface area contributed by atoms with Crippen molar-refractivity contribution in [3.05, 3.63) is 16.5 Å². The Hall–Kier alpha value is -1.47. The highest BCUT2D eigenvalue weighted by atomic mass is 35.5. The fraction of sp³-hybridized carbons (Fsp3) is 0.455. The Morgan fingerprint density at radius 2 is 2.42 bits per heavy atom. The van der Waals surface area contributed by atoms with E-state index in [1.807, 2.05) is 12.3 Å².